The number of carboxylic acids is 2. The summed E-state index contributed by atoms with van der Waals surface area (Å²) in [6, 6.07) is 0. The highest BCUT2D eigenvalue weighted by molar-refractivity contribution is 6.00. The van der Waals surface area contributed by atoms with Crippen molar-refractivity contribution in [3.63, 3.8) is 0 Å². The van der Waals surface area contributed by atoms with Gasteiger partial charge in [0, 0.05) is 0 Å². The van der Waals surface area contributed by atoms with Crippen LogP contribution in [0.3, 0.4) is 0 Å². The fourth-order valence-corrected chi connectivity index (χ4v) is 0.0915. The van der Waals surface area contributed by atoms with Crippen LogP contribution in [0.25, 0.3) is 0 Å². The van der Waals surface area contributed by atoms with E-state index in [4.69, 9.17) is 10.2 Å². The van der Waals surface area contributed by atoms with Crippen molar-refractivity contribution in [2.24, 2.45) is 0 Å². The van der Waals surface area contributed by atoms with Gasteiger partial charge in [0.15, 0.2) is 0 Å². The summed E-state index contributed by atoms with van der Waals surface area (Å²) in [7, 11) is 0. The number of aliphatic carboxylic acids is 2. The molecule has 2 N–H and O–H groups in total. The fourth-order valence-electron chi connectivity index (χ4n) is 0.0915. The lowest BCUT2D eigenvalue weighted by molar-refractivity contribution is -0.165. The molecule has 0 bridgehead atoms. The minimum Gasteiger partial charge on any atom is -0.478 e. The molecule has 0 aliphatic heterocycles. The van der Waals surface area contributed by atoms with E-state index < -0.39 is 17.6 Å². The van der Waals surface area contributed by atoms with Crippen molar-refractivity contribution in [2.75, 3.05) is 0 Å². The standard InChI is InChI=1S/C4H5FO4/c1-4(5,2(6)7)3(8)9/h1H3,(H,6,7)(H,8,9). The maximum absolute atomic E-state index is 12.1. The van der Waals surface area contributed by atoms with Crippen LogP contribution in [0.1, 0.15) is 6.92 Å². The zero-order valence-electron chi connectivity index (χ0n) is 4.59. The summed E-state index contributed by atoms with van der Waals surface area (Å²) in [6.45, 7) is 0.470. The van der Waals surface area contributed by atoms with Gasteiger partial charge in [-0.2, -0.15) is 0 Å². The summed E-state index contributed by atoms with van der Waals surface area (Å²) in [5.41, 5.74) is -3.17. The van der Waals surface area contributed by atoms with Gasteiger partial charge in [0.05, 0.1) is 0 Å². The van der Waals surface area contributed by atoms with E-state index in [9.17, 15) is 14.0 Å². The van der Waals surface area contributed by atoms with Crippen molar-refractivity contribution >= 4 is 11.9 Å². The second kappa shape index (κ2) is 2.00. The zero-order valence-corrected chi connectivity index (χ0v) is 4.59. The van der Waals surface area contributed by atoms with Crippen LogP contribution in [0.2, 0.25) is 0 Å². The highest BCUT2D eigenvalue weighted by Crippen LogP contribution is 2.08. The summed E-state index contributed by atoms with van der Waals surface area (Å²) in [4.78, 5) is 19.4. The second-order valence-electron chi connectivity index (χ2n) is 1.61. The Morgan fingerprint density at radius 1 is 1.33 bits per heavy atom. The quantitative estimate of drug-likeness (QED) is 0.519. The third kappa shape index (κ3) is 1.38. The molecular weight excluding hydrogens is 131 g/mol. The van der Waals surface area contributed by atoms with E-state index in [1.807, 2.05) is 0 Å². The van der Waals surface area contributed by atoms with Crippen LogP contribution in [0.4, 0.5) is 4.39 Å². The van der Waals surface area contributed by atoms with Crippen LogP contribution >= 0.6 is 0 Å². The average Bonchev–Trinajstić information content (AvgIpc) is 1.65. The third-order valence-electron chi connectivity index (χ3n) is 0.803. The van der Waals surface area contributed by atoms with Crippen LogP contribution in [0.5, 0.6) is 0 Å². The van der Waals surface area contributed by atoms with Crippen molar-refractivity contribution < 1.29 is 24.2 Å². The smallest absolute Gasteiger partial charge is 0.353 e. The summed E-state index contributed by atoms with van der Waals surface area (Å²) >= 11 is 0. The number of halogens is 1. The number of carboxylic acid groups (broad SMARTS) is 2. The Balaban J connectivity index is 4.38. The summed E-state index contributed by atoms with van der Waals surface area (Å²) < 4.78 is 12.1. The predicted molar refractivity (Wildman–Crippen MR) is 24.8 cm³/mol. The van der Waals surface area contributed by atoms with Crippen molar-refractivity contribution in [1.82, 2.24) is 0 Å². The van der Waals surface area contributed by atoms with Gasteiger partial charge in [-0.3, -0.25) is 0 Å². The van der Waals surface area contributed by atoms with Crippen LogP contribution in [-0.2, 0) is 9.59 Å². The molecule has 0 radical (unpaired) electrons. The maximum atomic E-state index is 12.1. The first-order chi connectivity index (χ1) is 3.89. The Bertz CT molecular complexity index is 135. The largest absolute Gasteiger partial charge is 0.478 e. The molecule has 0 rings (SSSR count). The summed E-state index contributed by atoms with van der Waals surface area (Å²) in [5, 5.41) is 15.7. The van der Waals surface area contributed by atoms with E-state index in [1.54, 1.807) is 0 Å². The van der Waals surface area contributed by atoms with Crippen LogP contribution in [0, 0.1) is 0 Å². The molecule has 0 amide bonds. The molecule has 0 atom stereocenters. The lowest BCUT2D eigenvalue weighted by atomic mass is 10.1. The number of alkyl halides is 1. The van der Waals surface area contributed by atoms with Gasteiger partial charge in [-0.05, 0) is 6.92 Å². The monoisotopic (exact) mass is 136 g/mol. The van der Waals surface area contributed by atoms with Crippen molar-refractivity contribution in [2.45, 2.75) is 12.6 Å². The molecule has 0 unspecified atom stereocenters. The van der Waals surface area contributed by atoms with Gasteiger partial charge < -0.3 is 10.2 Å². The van der Waals surface area contributed by atoms with E-state index in [2.05, 4.69) is 0 Å². The molecule has 52 valence electrons. The molecule has 0 saturated carbocycles. The van der Waals surface area contributed by atoms with E-state index in [0.29, 0.717) is 6.92 Å². The molecule has 0 aliphatic rings. The summed E-state index contributed by atoms with van der Waals surface area (Å²) in [5.74, 6) is -3.98. The molecule has 0 aromatic heterocycles. The Morgan fingerprint density at radius 3 is 1.56 bits per heavy atom. The minimum atomic E-state index is -3.17. The van der Waals surface area contributed by atoms with Gasteiger partial charge in [-0.15, -0.1) is 0 Å². The van der Waals surface area contributed by atoms with Crippen LogP contribution in [-0.4, -0.2) is 27.8 Å². The molecular formula is C4H5FO4. The van der Waals surface area contributed by atoms with Crippen LogP contribution in [0.15, 0.2) is 0 Å². The number of hydrogen-bond donors (Lipinski definition) is 2. The van der Waals surface area contributed by atoms with Crippen molar-refractivity contribution in [1.29, 1.82) is 0 Å². The molecule has 0 saturated heterocycles. The first kappa shape index (κ1) is 7.87. The van der Waals surface area contributed by atoms with Crippen molar-refractivity contribution in [3.8, 4) is 0 Å². The third-order valence-corrected chi connectivity index (χ3v) is 0.803. The Hall–Kier alpha value is -1.13. The van der Waals surface area contributed by atoms with Gasteiger partial charge in [-0.1, -0.05) is 0 Å². The minimum absolute atomic E-state index is 0.470. The normalized spacial score (nSPS) is 10.9. The first-order valence-corrected chi connectivity index (χ1v) is 2.04. The van der Waals surface area contributed by atoms with Gasteiger partial charge in [0.2, 0.25) is 0 Å². The number of hydrogen-bond acceptors (Lipinski definition) is 2. The molecule has 0 aromatic rings. The second-order valence-corrected chi connectivity index (χ2v) is 1.61. The molecule has 0 aliphatic carbocycles. The van der Waals surface area contributed by atoms with E-state index in [1.165, 1.54) is 0 Å². The fraction of sp³-hybridized carbons (Fsp3) is 0.500. The lowest BCUT2D eigenvalue weighted by Crippen LogP contribution is -2.38. The number of carbonyl (C=O) groups is 2. The summed E-state index contributed by atoms with van der Waals surface area (Å²) in [6.07, 6.45) is 0. The Labute approximate surface area is 49.9 Å². The highest BCUT2D eigenvalue weighted by atomic mass is 19.1. The average molecular weight is 136 g/mol. The number of rotatable bonds is 2. The molecule has 0 heterocycles. The molecule has 5 heteroatoms. The van der Waals surface area contributed by atoms with Crippen LogP contribution < -0.4 is 0 Å². The first-order valence-electron chi connectivity index (χ1n) is 2.04. The van der Waals surface area contributed by atoms with E-state index >= 15 is 0 Å². The Kier molecular flexibility index (Phi) is 1.75. The van der Waals surface area contributed by atoms with Gasteiger partial charge >= 0.3 is 11.9 Å². The molecule has 9 heavy (non-hydrogen) atoms. The Morgan fingerprint density at radius 2 is 1.56 bits per heavy atom. The SMILES string of the molecule is CC(F)(C(=O)O)C(=O)O. The molecule has 4 nitrogen and oxygen atoms in total. The van der Waals surface area contributed by atoms with Gasteiger partial charge in [0.1, 0.15) is 0 Å². The van der Waals surface area contributed by atoms with E-state index in [0.717, 1.165) is 0 Å². The highest BCUT2D eigenvalue weighted by Gasteiger charge is 2.41. The van der Waals surface area contributed by atoms with E-state index in [-0.39, 0.29) is 0 Å². The van der Waals surface area contributed by atoms with Gasteiger partial charge in [-0.25, -0.2) is 14.0 Å². The molecule has 0 fully saturated rings. The molecule has 0 spiro atoms. The van der Waals surface area contributed by atoms with Crippen molar-refractivity contribution in [3.05, 3.63) is 0 Å². The zero-order chi connectivity index (χ0) is 7.65. The maximum Gasteiger partial charge on any atom is 0.353 e. The topological polar surface area (TPSA) is 74.6 Å². The molecule has 0 aromatic carbocycles. The predicted octanol–water partition coefficient (Wildman–Crippen LogP) is -0.116. The van der Waals surface area contributed by atoms with Gasteiger partial charge in [0.25, 0.3) is 5.67 Å². The lowest BCUT2D eigenvalue weighted by Gasteiger charge is -2.06.